The summed E-state index contributed by atoms with van der Waals surface area (Å²) in [5.74, 6) is -0.0889. The minimum atomic E-state index is -0.445. The molecule has 1 aliphatic carbocycles. The Labute approximate surface area is 124 Å². The van der Waals surface area contributed by atoms with Crippen LogP contribution >= 0.6 is 0 Å². The number of guanidine groups is 1. The summed E-state index contributed by atoms with van der Waals surface area (Å²) < 4.78 is 27.6. The quantitative estimate of drug-likeness (QED) is 0.685. The number of hydrogen-bond acceptors (Lipinski definition) is 1. The molecule has 0 amide bonds. The first kappa shape index (κ1) is 14.3. The van der Waals surface area contributed by atoms with E-state index in [0.717, 1.165) is 25.5 Å². The fourth-order valence-electron chi connectivity index (χ4n) is 3.02. The maximum Gasteiger partial charge on any atom is 0.194 e. The highest BCUT2D eigenvalue weighted by molar-refractivity contribution is 5.81. The number of rotatable bonds is 3. The summed E-state index contributed by atoms with van der Waals surface area (Å²) in [6.07, 6.45) is 3.12. The molecule has 1 saturated carbocycles. The molecule has 1 aromatic carbocycles. The molecule has 3 rings (SSSR count). The van der Waals surface area contributed by atoms with Gasteiger partial charge in [-0.15, -0.1) is 0 Å². The van der Waals surface area contributed by atoms with Gasteiger partial charge in [0.2, 0.25) is 0 Å². The Morgan fingerprint density at radius 3 is 2.57 bits per heavy atom. The topological polar surface area (TPSA) is 27.6 Å². The minimum absolute atomic E-state index is 0.0855. The van der Waals surface area contributed by atoms with Crippen LogP contribution in [0.2, 0.25) is 0 Å². The van der Waals surface area contributed by atoms with Gasteiger partial charge in [-0.05, 0) is 38.3 Å². The van der Waals surface area contributed by atoms with E-state index in [1.807, 2.05) is 6.92 Å². The molecule has 1 heterocycles. The van der Waals surface area contributed by atoms with Crippen molar-refractivity contribution in [1.29, 1.82) is 0 Å². The van der Waals surface area contributed by atoms with Crippen LogP contribution in [0, 0.1) is 11.6 Å². The zero-order chi connectivity index (χ0) is 14.8. The minimum Gasteiger partial charge on any atom is -0.353 e. The molecule has 1 N–H and O–H groups in total. The van der Waals surface area contributed by atoms with Gasteiger partial charge in [-0.3, -0.25) is 4.99 Å². The highest BCUT2D eigenvalue weighted by Crippen LogP contribution is 2.43. The smallest absolute Gasteiger partial charge is 0.194 e. The maximum absolute atomic E-state index is 13.8. The Kier molecular flexibility index (Phi) is 4.08. The second-order valence-corrected chi connectivity index (χ2v) is 5.72. The third-order valence-corrected chi connectivity index (χ3v) is 4.19. The van der Waals surface area contributed by atoms with Gasteiger partial charge >= 0.3 is 0 Å². The zero-order valence-electron chi connectivity index (χ0n) is 12.3. The molecular weight excluding hydrogens is 272 g/mol. The van der Waals surface area contributed by atoms with E-state index in [-0.39, 0.29) is 17.5 Å². The van der Waals surface area contributed by atoms with Crippen LogP contribution in [-0.4, -0.2) is 36.5 Å². The van der Waals surface area contributed by atoms with Crippen LogP contribution in [0.25, 0.3) is 0 Å². The molecule has 1 aliphatic heterocycles. The van der Waals surface area contributed by atoms with Gasteiger partial charge < -0.3 is 10.2 Å². The fraction of sp³-hybridized carbons (Fsp3) is 0.562. The van der Waals surface area contributed by atoms with Gasteiger partial charge in [-0.2, -0.15) is 0 Å². The molecule has 0 radical (unpaired) electrons. The molecule has 2 unspecified atom stereocenters. The molecule has 5 heteroatoms. The monoisotopic (exact) mass is 293 g/mol. The molecule has 0 aromatic heterocycles. The van der Waals surface area contributed by atoms with Crippen molar-refractivity contribution >= 4 is 5.96 Å². The highest BCUT2D eigenvalue weighted by atomic mass is 19.1. The number of halogens is 2. The first-order chi connectivity index (χ1) is 10.2. The Morgan fingerprint density at radius 1 is 1.29 bits per heavy atom. The van der Waals surface area contributed by atoms with Crippen molar-refractivity contribution in [1.82, 2.24) is 10.2 Å². The van der Waals surface area contributed by atoms with E-state index in [1.54, 1.807) is 0 Å². The van der Waals surface area contributed by atoms with E-state index in [4.69, 9.17) is 0 Å². The molecule has 114 valence electrons. The van der Waals surface area contributed by atoms with Gasteiger partial charge in [0.1, 0.15) is 11.6 Å². The lowest BCUT2D eigenvalue weighted by atomic mass is 10.1. The maximum atomic E-state index is 13.8. The third-order valence-electron chi connectivity index (χ3n) is 4.19. The van der Waals surface area contributed by atoms with Gasteiger partial charge in [0.05, 0.1) is 0 Å². The molecule has 2 aliphatic rings. The zero-order valence-corrected chi connectivity index (χ0v) is 12.3. The summed E-state index contributed by atoms with van der Waals surface area (Å²) in [6, 6.07) is 4.15. The van der Waals surface area contributed by atoms with Gasteiger partial charge in [0, 0.05) is 37.2 Å². The molecule has 21 heavy (non-hydrogen) atoms. The first-order valence-corrected chi connectivity index (χ1v) is 7.70. The predicted molar refractivity (Wildman–Crippen MR) is 79.4 cm³/mol. The van der Waals surface area contributed by atoms with Crippen molar-refractivity contribution in [2.45, 2.75) is 38.1 Å². The van der Waals surface area contributed by atoms with Crippen LogP contribution < -0.4 is 5.32 Å². The number of aliphatic imine (C=N–C) groups is 1. The number of nitrogens with zero attached hydrogens (tertiary/aromatic N) is 2. The van der Waals surface area contributed by atoms with E-state index in [2.05, 4.69) is 15.2 Å². The van der Waals surface area contributed by atoms with E-state index in [9.17, 15) is 8.78 Å². The Hall–Kier alpha value is -1.65. The first-order valence-electron chi connectivity index (χ1n) is 7.70. The van der Waals surface area contributed by atoms with Crippen molar-refractivity contribution < 1.29 is 8.78 Å². The molecule has 1 aromatic rings. The van der Waals surface area contributed by atoms with Gasteiger partial charge in [-0.1, -0.05) is 6.07 Å². The second-order valence-electron chi connectivity index (χ2n) is 5.72. The molecule has 0 spiro atoms. The molecule has 2 atom stereocenters. The molecule has 3 nitrogen and oxygen atoms in total. The lowest BCUT2D eigenvalue weighted by Gasteiger charge is -2.21. The number of benzene rings is 1. The summed E-state index contributed by atoms with van der Waals surface area (Å²) in [4.78, 5) is 6.74. The standard InChI is InChI=1S/C16H21F2N3/c1-2-19-16(21-8-3-4-9-21)20-14-10-11(14)15-12(17)6-5-7-13(15)18/h5-7,11,14H,2-4,8-10H2,1H3,(H,19,20). The summed E-state index contributed by atoms with van der Waals surface area (Å²) in [7, 11) is 0. The van der Waals surface area contributed by atoms with Crippen LogP contribution in [-0.2, 0) is 0 Å². The number of nitrogens with one attached hydrogen (secondary N) is 1. The molecule has 2 fully saturated rings. The molecule has 0 bridgehead atoms. The van der Waals surface area contributed by atoms with Crippen molar-refractivity contribution in [2.24, 2.45) is 4.99 Å². The third kappa shape index (κ3) is 3.01. The fourth-order valence-corrected chi connectivity index (χ4v) is 3.02. The van der Waals surface area contributed by atoms with Gasteiger partial charge in [-0.25, -0.2) is 8.78 Å². The Balaban J connectivity index is 1.68. The van der Waals surface area contributed by atoms with Gasteiger partial charge in [0.15, 0.2) is 5.96 Å². The van der Waals surface area contributed by atoms with Crippen molar-refractivity contribution in [2.75, 3.05) is 19.6 Å². The van der Waals surface area contributed by atoms with Crippen LogP contribution in [0.3, 0.4) is 0 Å². The number of hydrogen-bond donors (Lipinski definition) is 1. The normalized spacial score (nSPS) is 25.3. The second kappa shape index (κ2) is 6.00. The van der Waals surface area contributed by atoms with E-state index >= 15 is 0 Å². The summed E-state index contributed by atoms with van der Waals surface area (Å²) in [6.45, 7) is 4.73. The largest absolute Gasteiger partial charge is 0.353 e. The van der Waals surface area contributed by atoms with Crippen molar-refractivity contribution in [3.05, 3.63) is 35.4 Å². The van der Waals surface area contributed by atoms with Crippen LogP contribution in [0.1, 0.15) is 37.7 Å². The van der Waals surface area contributed by atoms with Crippen LogP contribution in [0.15, 0.2) is 23.2 Å². The Morgan fingerprint density at radius 2 is 1.95 bits per heavy atom. The SMILES string of the molecule is CCN=C(NC1CC1c1c(F)cccc1F)N1CCCC1. The molecule has 1 saturated heterocycles. The lowest BCUT2D eigenvalue weighted by molar-refractivity contribution is 0.489. The van der Waals surface area contributed by atoms with E-state index < -0.39 is 11.6 Å². The summed E-state index contributed by atoms with van der Waals surface area (Å²) in [5, 5.41) is 3.38. The van der Waals surface area contributed by atoms with E-state index in [0.29, 0.717) is 6.54 Å². The summed E-state index contributed by atoms with van der Waals surface area (Å²) in [5.41, 5.74) is 0.215. The Bertz CT molecular complexity index is 518. The average molecular weight is 293 g/mol. The summed E-state index contributed by atoms with van der Waals surface area (Å²) >= 11 is 0. The predicted octanol–water partition coefficient (Wildman–Crippen LogP) is 2.88. The van der Waals surface area contributed by atoms with Gasteiger partial charge in [0.25, 0.3) is 0 Å². The van der Waals surface area contributed by atoms with Crippen molar-refractivity contribution in [3.8, 4) is 0 Å². The number of likely N-dealkylation sites (tertiary alicyclic amines) is 1. The lowest BCUT2D eigenvalue weighted by Crippen LogP contribution is -2.41. The van der Waals surface area contributed by atoms with Crippen LogP contribution in [0.4, 0.5) is 8.78 Å². The molecular formula is C16H21F2N3. The van der Waals surface area contributed by atoms with Crippen LogP contribution in [0.5, 0.6) is 0 Å². The van der Waals surface area contributed by atoms with Crippen molar-refractivity contribution in [3.63, 3.8) is 0 Å². The highest BCUT2D eigenvalue weighted by Gasteiger charge is 2.42. The van der Waals surface area contributed by atoms with E-state index in [1.165, 1.54) is 31.0 Å². The average Bonchev–Trinajstić information content (AvgIpc) is 3.00.